The maximum absolute atomic E-state index is 14.8. The molecule has 0 bridgehead atoms. The van der Waals surface area contributed by atoms with Gasteiger partial charge < -0.3 is 10.6 Å². The quantitative estimate of drug-likeness (QED) is 0.669. The molecule has 2 N–H and O–H groups in total. The van der Waals surface area contributed by atoms with E-state index in [9.17, 15) is 14.0 Å². The van der Waals surface area contributed by atoms with Crippen molar-refractivity contribution < 1.29 is 14.0 Å². The molecule has 3 unspecified atom stereocenters. The Hall–Kier alpha value is -3.21. The zero-order valence-electron chi connectivity index (χ0n) is 18.5. The number of fused-ring (bicyclic) bond motifs is 1. The van der Waals surface area contributed by atoms with Crippen LogP contribution >= 0.6 is 0 Å². The molecular formula is C27H29FN2O2. The van der Waals surface area contributed by atoms with Crippen molar-refractivity contribution in [2.75, 3.05) is 7.05 Å². The first-order valence-corrected chi connectivity index (χ1v) is 11.3. The van der Waals surface area contributed by atoms with Crippen molar-refractivity contribution in [3.8, 4) is 0 Å². The fraction of sp³-hybridized carbons (Fsp3) is 0.333. The molecule has 0 radical (unpaired) electrons. The van der Waals surface area contributed by atoms with Gasteiger partial charge in [-0.05, 0) is 60.9 Å². The average molecular weight is 433 g/mol. The predicted molar refractivity (Wildman–Crippen MR) is 125 cm³/mol. The Kier molecular flexibility index (Phi) is 6.54. The first-order valence-electron chi connectivity index (χ1n) is 11.3. The van der Waals surface area contributed by atoms with E-state index in [2.05, 4.69) is 29.7 Å². The van der Waals surface area contributed by atoms with E-state index in [1.807, 2.05) is 24.3 Å². The molecule has 166 valence electrons. The van der Waals surface area contributed by atoms with E-state index >= 15 is 0 Å². The Labute approximate surface area is 188 Å². The van der Waals surface area contributed by atoms with Crippen molar-refractivity contribution in [2.45, 2.75) is 44.6 Å². The van der Waals surface area contributed by atoms with E-state index in [1.165, 1.54) is 6.07 Å². The lowest BCUT2D eigenvalue weighted by atomic mass is 9.93. The molecule has 5 heteroatoms. The second-order valence-corrected chi connectivity index (χ2v) is 8.71. The Morgan fingerprint density at radius 1 is 1.06 bits per heavy atom. The van der Waals surface area contributed by atoms with E-state index < -0.39 is 0 Å². The number of benzene rings is 2. The lowest BCUT2D eigenvalue weighted by molar-refractivity contribution is -0.116. The number of rotatable bonds is 5. The molecule has 0 saturated carbocycles. The smallest absolute Gasteiger partial charge is 0.251 e. The molecule has 2 amide bonds. The maximum atomic E-state index is 14.8. The second kappa shape index (κ2) is 9.51. The van der Waals surface area contributed by atoms with Gasteiger partial charge in [0.1, 0.15) is 5.82 Å². The van der Waals surface area contributed by atoms with Crippen LogP contribution in [0.5, 0.6) is 0 Å². The lowest BCUT2D eigenvalue weighted by Gasteiger charge is -2.23. The predicted octanol–water partition coefficient (Wildman–Crippen LogP) is 4.77. The highest BCUT2D eigenvalue weighted by molar-refractivity contribution is 6.21. The van der Waals surface area contributed by atoms with Crippen molar-refractivity contribution in [3.05, 3.63) is 88.8 Å². The van der Waals surface area contributed by atoms with Crippen LogP contribution < -0.4 is 10.6 Å². The summed E-state index contributed by atoms with van der Waals surface area (Å²) in [6.07, 6.45) is 9.63. The standard InChI is InChI=1S/C27H29FN2O2/c1-17-7-4-3-5-10-24(17)30-27(32)22-16-20(21-8-6-9-23(28)25(21)22)15-18-11-13-19(14-12-18)26(31)29-2/h3-4,6,8-9,11-14,16-17,20,24H,5,7,10,15H2,1-2H3,(H,29,31)(H,30,32). The van der Waals surface area contributed by atoms with Gasteiger partial charge in [0.2, 0.25) is 0 Å². The first-order chi connectivity index (χ1) is 15.5. The summed E-state index contributed by atoms with van der Waals surface area (Å²) < 4.78 is 14.8. The number of carbonyl (C=O) groups is 2. The second-order valence-electron chi connectivity index (χ2n) is 8.71. The van der Waals surface area contributed by atoms with Crippen molar-refractivity contribution in [2.24, 2.45) is 5.92 Å². The van der Waals surface area contributed by atoms with Gasteiger partial charge in [-0.3, -0.25) is 9.59 Å². The number of hydrogen-bond acceptors (Lipinski definition) is 2. The van der Waals surface area contributed by atoms with Gasteiger partial charge >= 0.3 is 0 Å². The molecule has 0 heterocycles. The molecule has 2 aliphatic rings. The molecular weight excluding hydrogens is 403 g/mol. The Bertz CT molecular complexity index is 1070. The SMILES string of the molecule is CNC(=O)c1ccc(CC2C=C(C(=O)NC3CCC=CCC3C)c3c(F)cccc32)cc1. The molecule has 0 saturated heterocycles. The largest absolute Gasteiger partial charge is 0.355 e. The number of amides is 2. The molecule has 0 aromatic heterocycles. The highest BCUT2D eigenvalue weighted by Gasteiger charge is 2.31. The van der Waals surface area contributed by atoms with Crippen molar-refractivity contribution in [3.63, 3.8) is 0 Å². The van der Waals surface area contributed by atoms with Gasteiger partial charge in [-0.25, -0.2) is 4.39 Å². The van der Waals surface area contributed by atoms with Crippen LogP contribution in [-0.4, -0.2) is 24.9 Å². The van der Waals surface area contributed by atoms with Crippen molar-refractivity contribution >= 4 is 17.4 Å². The van der Waals surface area contributed by atoms with Gasteiger partial charge in [-0.2, -0.15) is 0 Å². The minimum atomic E-state index is -0.364. The number of carbonyl (C=O) groups excluding carboxylic acids is 2. The summed E-state index contributed by atoms with van der Waals surface area (Å²) in [4.78, 5) is 25.0. The van der Waals surface area contributed by atoms with Crippen molar-refractivity contribution in [1.29, 1.82) is 0 Å². The Balaban J connectivity index is 1.57. The van der Waals surface area contributed by atoms with E-state index in [1.54, 1.807) is 25.2 Å². The van der Waals surface area contributed by atoms with Crippen LogP contribution in [0.3, 0.4) is 0 Å². The van der Waals surface area contributed by atoms with Crippen LogP contribution in [0, 0.1) is 11.7 Å². The van der Waals surface area contributed by atoms with Crippen LogP contribution in [0.4, 0.5) is 4.39 Å². The van der Waals surface area contributed by atoms with Crippen LogP contribution in [0.15, 0.2) is 60.7 Å². The normalized spacial score (nSPS) is 22.0. The lowest BCUT2D eigenvalue weighted by Crippen LogP contribution is -2.39. The van der Waals surface area contributed by atoms with Crippen LogP contribution in [-0.2, 0) is 11.2 Å². The first kappa shape index (κ1) is 22.0. The molecule has 4 rings (SSSR count). The zero-order valence-corrected chi connectivity index (χ0v) is 18.5. The minimum absolute atomic E-state index is 0.0740. The molecule has 4 nitrogen and oxygen atoms in total. The van der Waals surface area contributed by atoms with Crippen molar-refractivity contribution in [1.82, 2.24) is 10.6 Å². The van der Waals surface area contributed by atoms with Gasteiger partial charge in [0, 0.05) is 35.7 Å². The maximum Gasteiger partial charge on any atom is 0.251 e. The van der Waals surface area contributed by atoms with Gasteiger partial charge in [-0.1, -0.05) is 49.4 Å². The zero-order chi connectivity index (χ0) is 22.7. The number of allylic oxidation sites excluding steroid dienone is 3. The third-order valence-electron chi connectivity index (χ3n) is 6.55. The number of hydrogen-bond donors (Lipinski definition) is 2. The van der Waals surface area contributed by atoms with Gasteiger partial charge in [0.15, 0.2) is 0 Å². The van der Waals surface area contributed by atoms with E-state index in [0.717, 1.165) is 30.4 Å². The molecule has 32 heavy (non-hydrogen) atoms. The minimum Gasteiger partial charge on any atom is -0.355 e. The summed E-state index contributed by atoms with van der Waals surface area (Å²) in [6.45, 7) is 2.14. The highest BCUT2D eigenvalue weighted by atomic mass is 19.1. The third-order valence-corrected chi connectivity index (χ3v) is 6.55. The van der Waals surface area contributed by atoms with Crippen LogP contribution in [0.1, 0.15) is 59.2 Å². The third kappa shape index (κ3) is 4.52. The average Bonchev–Trinajstić information content (AvgIpc) is 3.05. The summed E-state index contributed by atoms with van der Waals surface area (Å²) in [6, 6.07) is 12.5. The fourth-order valence-electron chi connectivity index (χ4n) is 4.67. The monoisotopic (exact) mass is 432 g/mol. The van der Waals surface area contributed by atoms with Gasteiger partial charge in [-0.15, -0.1) is 0 Å². The molecule has 2 aromatic rings. The van der Waals surface area contributed by atoms with Gasteiger partial charge in [0.05, 0.1) is 0 Å². The van der Waals surface area contributed by atoms with E-state index in [4.69, 9.17) is 0 Å². The topological polar surface area (TPSA) is 58.2 Å². The summed E-state index contributed by atoms with van der Waals surface area (Å²) in [5.41, 5.74) is 3.29. The molecule has 2 aliphatic carbocycles. The van der Waals surface area contributed by atoms with E-state index in [-0.39, 0.29) is 29.6 Å². The molecule has 0 spiro atoms. The fourth-order valence-corrected chi connectivity index (χ4v) is 4.67. The molecule has 2 aromatic carbocycles. The summed E-state index contributed by atoms with van der Waals surface area (Å²) >= 11 is 0. The Morgan fingerprint density at radius 3 is 2.59 bits per heavy atom. The van der Waals surface area contributed by atoms with Gasteiger partial charge in [0.25, 0.3) is 11.8 Å². The summed E-state index contributed by atoms with van der Waals surface area (Å²) in [5, 5.41) is 5.78. The van der Waals surface area contributed by atoms with Crippen LogP contribution in [0.25, 0.3) is 5.57 Å². The van der Waals surface area contributed by atoms with Crippen LogP contribution in [0.2, 0.25) is 0 Å². The molecule has 0 aliphatic heterocycles. The highest BCUT2D eigenvalue weighted by Crippen LogP contribution is 2.39. The molecule has 0 fully saturated rings. The Morgan fingerprint density at radius 2 is 1.84 bits per heavy atom. The number of halogens is 1. The summed E-state index contributed by atoms with van der Waals surface area (Å²) in [5.74, 6) is -0.453. The van der Waals surface area contributed by atoms with E-state index in [0.29, 0.717) is 29.0 Å². The number of nitrogens with one attached hydrogen (secondary N) is 2. The molecule has 3 atom stereocenters. The summed E-state index contributed by atoms with van der Waals surface area (Å²) in [7, 11) is 1.60.